The minimum Gasteiger partial charge on any atom is -0.480 e. The quantitative estimate of drug-likeness (QED) is 0.713. The lowest BCUT2D eigenvalue weighted by Gasteiger charge is -2.20. The topological polar surface area (TPSA) is 44.2 Å². The van der Waals surface area contributed by atoms with Crippen molar-refractivity contribution in [2.45, 2.75) is 18.8 Å². The van der Waals surface area contributed by atoms with Crippen molar-refractivity contribution in [3.8, 4) is 5.88 Å². The summed E-state index contributed by atoms with van der Waals surface area (Å²) in [6, 6.07) is 3.85. The van der Waals surface area contributed by atoms with Gasteiger partial charge in [-0.05, 0) is 18.9 Å². The normalized spacial score (nSPS) is 18.1. The van der Waals surface area contributed by atoms with Gasteiger partial charge in [0.15, 0.2) is 0 Å². The lowest BCUT2D eigenvalue weighted by molar-refractivity contribution is 0.0843. The second-order valence-electron chi connectivity index (χ2n) is 3.39. The molecule has 0 radical (unpaired) electrons. The molecule has 0 aliphatic carbocycles. The van der Waals surface area contributed by atoms with Gasteiger partial charge in [0.2, 0.25) is 5.88 Å². The van der Waals surface area contributed by atoms with Crippen molar-refractivity contribution in [3.05, 3.63) is 17.8 Å². The molecule has 0 spiro atoms. The molecular weight excluding hydrogens is 180 g/mol. The van der Waals surface area contributed by atoms with E-state index >= 15 is 0 Å². The van der Waals surface area contributed by atoms with Crippen LogP contribution >= 0.6 is 0 Å². The van der Waals surface area contributed by atoms with Crippen LogP contribution in [0.15, 0.2) is 12.1 Å². The van der Waals surface area contributed by atoms with Gasteiger partial charge in [0.25, 0.3) is 0 Å². The van der Waals surface area contributed by atoms with Crippen LogP contribution in [-0.2, 0) is 4.74 Å². The van der Waals surface area contributed by atoms with E-state index in [2.05, 4.69) is 10.2 Å². The molecule has 1 aromatic heterocycles. The van der Waals surface area contributed by atoms with Crippen molar-refractivity contribution in [1.82, 2.24) is 10.2 Å². The molecule has 0 amide bonds. The van der Waals surface area contributed by atoms with E-state index in [1.165, 1.54) is 0 Å². The summed E-state index contributed by atoms with van der Waals surface area (Å²) in [6.45, 7) is 1.66. The van der Waals surface area contributed by atoms with Crippen molar-refractivity contribution in [2.24, 2.45) is 0 Å². The summed E-state index contributed by atoms with van der Waals surface area (Å²) in [7, 11) is 1.60. The zero-order valence-corrected chi connectivity index (χ0v) is 8.27. The first-order valence-electron chi connectivity index (χ1n) is 4.85. The largest absolute Gasteiger partial charge is 0.480 e. The van der Waals surface area contributed by atoms with Crippen LogP contribution in [0.25, 0.3) is 0 Å². The lowest BCUT2D eigenvalue weighted by Crippen LogP contribution is -2.15. The molecule has 0 atom stereocenters. The Bertz CT molecular complexity index is 281. The Morgan fingerprint density at radius 2 is 2.07 bits per heavy atom. The minimum absolute atomic E-state index is 0.502. The Labute approximate surface area is 83.3 Å². The van der Waals surface area contributed by atoms with Gasteiger partial charge in [-0.3, -0.25) is 0 Å². The molecule has 0 N–H and O–H groups in total. The molecular formula is C10H14N2O2. The summed E-state index contributed by atoms with van der Waals surface area (Å²) in [5, 5.41) is 8.10. The van der Waals surface area contributed by atoms with E-state index in [1.807, 2.05) is 12.1 Å². The van der Waals surface area contributed by atoms with Crippen LogP contribution in [0.5, 0.6) is 5.88 Å². The van der Waals surface area contributed by atoms with E-state index in [4.69, 9.17) is 9.47 Å². The van der Waals surface area contributed by atoms with Gasteiger partial charge in [-0.1, -0.05) is 0 Å². The van der Waals surface area contributed by atoms with E-state index in [-0.39, 0.29) is 0 Å². The molecule has 0 saturated carbocycles. The second kappa shape index (κ2) is 4.37. The molecule has 4 nitrogen and oxygen atoms in total. The average Bonchev–Trinajstić information content (AvgIpc) is 2.30. The summed E-state index contributed by atoms with van der Waals surface area (Å²) in [5.74, 6) is 1.07. The molecule has 1 aliphatic rings. The molecule has 0 aromatic carbocycles. The summed E-state index contributed by atoms with van der Waals surface area (Å²) in [5.41, 5.74) is 1.05. The molecule has 1 aliphatic heterocycles. The second-order valence-corrected chi connectivity index (χ2v) is 3.39. The third-order valence-electron chi connectivity index (χ3n) is 2.51. The van der Waals surface area contributed by atoms with E-state index in [0.717, 1.165) is 31.7 Å². The number of hydrogen-bond donors (Lipinski definition) is 0. The van der Waals surface area contributed by atoms with Crippen molar-refractivity contribution < 1.29 is 9.47 Å². The van der Waals surface area contributed by atoms with Gasteiger partial charge in [0, 0.05) is 25.2 Å². The number of ether oxygens (including phenoxy) is 2. The van der Waals surface area contributed by atoms with Crippen LogP contribution in [0.2, 0.25) is 0 Å². The first-order valence-corrected chi connectivity index (χ1v) is 4.85. The van der Waals surface area contributed by atoms with E-state index in [1.54, 1.807) is 7.11 Å². The number of nitrogens with zero attached hydrogens (tertiary/aromatic N) is 2. The number of aromatic nitrogens is 2. The first-order chi connectivity index (χ1) is 6.90. The van der Waals surface area contributed by atoms with Crippen LogP contribution in [0.1, 0.15) is 24.5 Å². The molecule has 76 valence electrons. The highest BCUT2D eigenvalue weighted by molar-refractivity contribution is 5.14. The predicted octanol–water partition coefficient (Wildman–Crippen LogP) is 1.38. The smallest absolute Gasteiger partial charge is 0.233 e. The number of hydrogen-bond acceptors (Lipinski definition) is 4. The Balaban J connectivity index is 2.07. The zero-order chi connectivity index (χ0) is 9.80. The molecule has 1 fully saturated rings. The molecule has 1 aromatic rings. The fraction of sp³-hybridized carbons (Fsp3) is 0.600. The van der Waals surface area contributed by atoms with Gasteiger partial charge >= 0.3 is 0 Å². The van der Waals surface area contributed by atoms with Crippen molar-refractivity contribution in [1.29, 1.82) is 0 Å². The van der Waals surface area contributed by atoms with Crippen molar-refractivity contribution in [3.63, 3.8) is 0 Å². The van der Waals surface area contributed by atoms with E-state index in [9.17, 15) is 0 Å². The molecule has 2 heterocycles. The van der Waals surface area contributed by atoms with E-state index in [0.29, 0.717) is 11.8 Å². The third-order valence-corrected chi connectivity index (χ3v) is 2.51. The van der Waals surface area contributed by atoms with Gasteiger partial charge in [-0.2, -0.15) is 5.10 Å². The number of rotatable bonds is 2. The average molecular weight is 194 g/mol. The highest BCUT2D eigenvalue weighted by Crippen LogP contribution is 2.25. The van der Waals surface area contributed by atoms with Crippen LogP contribution in [0, 0.1) is 0 Å². The van der Waals surface area contributed by atoms with Crippen LogP contribution < -0.4 is 4.74 Å². The fourth-order valence-electron chi connectivity index (χ4n) is 1.65. The summed E-state index contributed by atoms with van der Waals surface area (Å²) in [4.78, 5) is 0. The SMILES string of the molecule is COc1ccc(C2CCOCC2)nn1. The van der Waals surface area contributed by atoms with Gasteiger partial charge in [-0.25, -0.2) is 0 Å². The first kappa shape index (κ1) is 9.40. The van der Waals surface area contributed by atoms with Crippen LogP contribution in [0.3, 0.4) is 0 Å². The van der Waals surface area contributed by atoms with Crippen molar-refractivity contribution in [2.75, 3.05) is 20.3 Å². The Hall–Kier alpha value is -1.16. The molecule has 2 rings (SSSR count). The van der Waals surface area contributed by atoms with Crippen LogP contribution in [-0.4, -0.2) is 30.5 Å². The molecule has 1 saturated heterocycles. The molecule has 4 heteroatoms. The van der Waals surface area contributed by atoms with Gasteiger partial charge in [0.05, 0.1) is 12.8 Å². The third kappa shape index (κ3) is 2.01. The van der Waals surface area contributed by atoms with E-state index < -0.39 is 0 Å². The maximum Gasteiger partial charge on any atom is 0.233 e. The summed E-state index contributed by atoms with van der Waals surface area (Å²) >= 11 is 0. The maximum absolute atomic E-state index is 5.29. The molecule has 0 unspecified atom stereocenters. The Morgan fingerprint density at radius 1 is 1.29 bits per heavy atom. The van der Waals surface area contributed by atoms with Gasteiger partial charge < -0.3 is 9.47 Å². The lowest BCUT2D eigenvalue weighted by atomic mass is 9.96. The summed E-state index contributed by atoms with van der Waals surface area (Å²) in [6.07, 6.45) is 2.09. The highest BCUT2D eigenvalue weighted by atomic mass is 16.5. The minimum atomic E-state index is 0.502. The number of methoxy groups -OCH3 is 1. The van der Waals surface area contributed by atoms with Crippen LogP contribution in [0.4, 0.5) is 0 Å². The highest BCUT2D eigenvalue weighted by Gasteiger charge is 2.17. The standard InChI is InChI=1S/C10H14N2O2/c1-13-10-3-2-9(11-12-10)8-4-6-14-7-5-8/h2-3,8H,4-7H2,1H3. The molecule has 0 bridgehead atoms. The molecule has 14 heavy (non-hydrogen) atoms. The zero-order valence-electron chi connectivity index (χ0n) is 8.27. The Morgan fingerprint density at radius 3 is 2.64 bits per heavy atom. The van der Waals surface area contributed by atoms with Gasteiger partial charge in [-0.15, -0.1) is 5.10 Å². The Kier molecular flexibility index (Phi) is 2.93. The monoisotopic (exact) mass is 194 g/mol. The van der Waals surface area contributed by atoms with Crippen molar-refractivity contribution >= 4 is 0 Å². The predicted molar refractivity (Wildman–Crippen MR) is 51.4 cm³/mol. The fourth-order valence-corrected chi connectivity index (χ4v) is 1.65. The summed E-state index contributed by atoms with van der Waals surface area (Å²) < 4.78 is 10.3. The van der Waals surface area contributed by atoms with Gasteiger partial charge in [0.1, 0.15) is 0 Å². The maximum atomic E-state index is 5.29.